The Morgan fingerprint density at radius 2 is 2.07 bits per heavy atom. The van der Waals surface area contributed by atoms with Crippen molar-refractivity contribution in [3.05, 3.63) is 58.0 Å². The van der Waals surface area contributed by atoms with Crippen molar-refractivity contribution < 1.29 is 54.2 Å². The zero-order valence-electron chi connectivity index (χ0n) is 15.6. The van der Waals surface area contributed by atoms with Gasteiger partial charge >= 0.3 is 29.6 Å². The summed E-state index contributed by atoms with van der Waals surface area (Å²) >= 11 is 1.08. The number of hydrogen-bond donors (Lipinski definition) is 2. The molecule has 142 valence electrons. The second-order valence-corrected chi connectivity index (χ2v) is 7.43. The maximum absolute atomic E-state index is 12.1. The molecule has 0 aromatic heterocycles. The Balaban J connectivity index is 0.00000280. The van der Waals surface area contributed by atoms with Gasteiger partial charge in [-0.15, -0.1) is 11.8 Å². The second-order valence-electron chi connectivity index (χ2n) is 6.43. The monoisotopic (exact) mass is 410 g/mol. The molecule has 28 heavy (non-hydrogen) atoms. The van der Waals surface area contributed by atoms with E-state index in [1.807, 2.05) is 30.3 Å². The molecule has 0 radical (unpaired) electrons. The SMILES string of the molecule is C[C@@H](O)[C@H]1C(=O)N2C(C(=O)[O-])=C(SC=CC(=O)NCc3ccccc3)C[C@H]12.[Na+]. The third kappa shape index (κ3) is 4.69. The van der Waals surface area contributed by atoms with Crippen molar-refractivity contribution in [1.82, 2.24) is 10.2 Å². The number of nitrogens with zero attached hydrogens (tertiary/aromatic N) is 1. The van der Waals surface area contributed by atoms with Crippen LogP contribution in [0.1, 0.15) is 18.9 Å². The van der Waals surface area contributed by atoms with Crippen molar-refractivity contribution in [1.29, 1.82) is 0 Å². The van der Waals surface area contributed by atoms with E-state index in [2.05, 4.69) is 5.32 Å². The standard InChI is InChI=1S/C19H20N2O5S.Na/c1-11(22)16-13-9-14(17(19(25)26)21(13)18(16)24)27-8-7-15(23)20-10-12-5-3-2-4-6-12;/h2-8,11,13,16,22H,9-10H2,1H3,(H,20,23)(H,25,26);/q;+1/p-1/t11-,13-,16-;/m1./s1. The van der Waals surface area contributed by atoms with E-state index in [1.165, 1.54) is 23.3 Å². The first-order valence-electron chi connectivity index (χ1n) is 8.50. The fourth-order valence-corrected chi connectivity index (χ4v) is 4.26. The summed E-state index contributed by atoms with van der Waals surface area (Å²) in [5, 5.41) is 25.4. The Hall–Kier alpha value is -1.58. The fourth-order valence-electron chi connectivity index (χ4n) is 3.35. The third-order valence-electron chi connectivity index (χ3n) is 4.62. The molecule has 3 atom stereocenters. The molecule has 7 nitrogen and oxygen atoms in total. The molecule has 1 saturated heterocycles. The number of aliphatic carboxylic acids is 1. The van der Waals surface area contributed by atoms with Gasteiger partial charge in [0.1, 0.15) is 0 Å². The van der Waals surface area contributed by atoms with E-state index in [0.29, 0.717) is 17.9 Å². The van der Waals surface area contributed by atoms with Crippen LogP contribution in [0.2, 0.25) is 0 Å². The van der Waals surface area contributed by atoms with Crippen LogP contribution in [0.3, 0.4) is 0 Å². The maximum atomic E-state index is 12.1. The number of hydrogen-bond acceptors (Lipinski definition) is 6. The summed E-state index contributed by atoms with van der Waals surface area (Å²) in [6.45, 7) is 1.91. The molecule has 0 aliphatic carbocycles. The Morgan fingerprint density at radius 3 is 2.68 bits per heavy atom. The number of amides is 2. The predicted octanol–water partition coefficient (Wildman–Crippen LogP) is -2.87. The molecule has 2 aliphatic rings. The van der Waals surface area contributed by atoms with Crippen molar-refractivity contribution in [3.8, 4) is 0 Å². The summed E-state index contributed by atoms with van der Waals surface area (Å²) in [4.78, 5) is 37.0. The van der Waals surface area contributed by atoms with Gasteiger partial charge in [-0.3, -0.25) is 9.59 Å². The van der Waals surface area contributed by atoms with Gasteiger partial charge in [-0.25, -0.2) is 0 Å². The van der Waals surface area contributed by atoms with E-state index in [9.17, 15) is 24.6 Å². The van der Waals surface area contributed by atoms with Gasteiger partial charge < -0.3 is 25.2 Å². The van der Waals surface area contributed by atoms with Gasteiger partial charge in [0, 0.05) is 23.9 Å². The summed E-state index contributed by atoms with van der Waals surface area (Å²) < 4.78 is 0. The van der Waals surface area contributed by atoms with Crippen LogP contribution in [-0.4, -0.2) is 39.9 Å². The Kier molecular flexibility index (Phi) is 7.91. The van der Waals surface area contributed by atoms with Crippen molar-refractivity contribution in [2.75, 3.05) is 0 Å². The minimum absolute atomic E-state index is 0. The number of β-lactam (4-membered cyclic amide) rings is 1. The molecular weight excluding hydrogens is 391 g/mol. The number of carbonyl (C=O) groups is 3. The van der Waals surface area contributed by atoms with Crippen LogP contribution >= 0.6 is 11.8 Å². The smallest absolute Gasteiger partial charge is 0.543 e. The molecule has 2 aliphatic heterocycles. The first kappa shape index (κ1) is 22.7. The normalized spacial score (nSPS) is 21.8. The van der Waals surface area contributed by atoms with E-state index >= 15 is 0 Å². The van der Waals surface area contributed by atoms with Crippen LogP contribution in [0.5, 0.6) is 0 Å². The number of carboxylic acids is 1. The van der Waals surface area contributed by atoms with E-state index in [0.717, 1.165) is 17.3 Å². The first-order valence-corrected chi connectivity index (χ1v) is 9.38. The molecular formula is C19H19N2NaO5S. The van der Waals surface area contributed by atoms with Crippen molar-refractivity contribution in [3.63, 3.8) is 0 Å². The fraction of sp³-hybridized carbons (Fsp3) is 0.316. The quantitative estimate of drug-likeness (QED) is 0.284. The molecule has 3 rings (SSSR count). The van der Waals surface area contributed by atoms with Gasteiger partial charge in [0.15, 0.2) is 0 Å². The Labute approximate surface area is 189 Å². The molecule has 1 fully saturated rings. The van der Waals surface area contributed by atoms with Gasteiger partial charge in [0.05, 0.1) is 29.7 Å². The number of rotatable bonds is 7. The number of benzene rings is 1. The zero-order valence-corrected chi connectivity index (χ0v) is 18.4. The average molecular weight is 410 g/mol. The number of fused-ring (bicyclic) bond motifs is 1. The first-order chi connectivity index (χ1) is 12.9. The number of aliphatic hydroxyl groups is 1. The molecule has 9 heteroatoms. The van der Waals surface area contributed by atoms with Crippen LogP contribution in [0.15, 0.2) is 52.4 Å². The number of aliphatic hydroxyl groups excluding tert-OH is 1. The van der Waals surface area contributed by atoms with Gasteiger partial charge in [0.25, 0.3) is 0 Å². The van der Waals surface area contributed by atoms with E-state index < -0.39 is 23.9 Å². The zero-order chi connectivity index (χ0) is 19.6. The molecule has 0 bridgehead atoms. The summed E-state index contributed by atoms with van der Waals surface area (Å²) in [5.41, 5.74) is 0.804. The van der Waals surface area contributed by atoms with E-state index in [4.69, 9.17) is 0 Å². The van der Waals surface area contributed by atoms with E-state index in [1.54, 1.807) is 0 Å². The number of nitrogens with one attached hydrogen (secondary N) is 1. The van der Waals surface area contributed by atoms with Crippen LogP contribution < -0.4 is 40.0 Å². The molecule has 0 unspecified atom stereocenters. The number of carbonyl (C=O) groups excluding carboxylic acids is 3. The molecule has 1 aromatic rings. The van der Waals surface area contributed by atoms with E-state index in [-0.39, 0.29) is 47.2 Å². The predicted molar refractivity (Wildman–Crippen MR) is 97.5 cm³/mol. The molecule has 0 spiro atoms. The number of thioether (sulfide) groups is 1. The maximum Gasteiger partial charge on any atom is 1.00 e. The molecule has 2 heterocycles. The van der Waals surface area contributed by atoms with Crippen LogP contribution in [0.4, 0.5) is 0 Å². The van der Waals surface area contributed by atoms with Crippen LogP contribution in [0, 0.1) is 5.92 Å². The molecule has 2 amide bonds. The topological polar surface area (TPSA) is 110 Å². The largest absolute Gasteiger partial charge is 1.00 e. The summed E-state index contributed by atoms with van der Waals surface area (Å²) in [6, 6.07) is 9.08. The van der Waals surface area contributed by atoms with Crippen LogP contribution in [-0.2, 0) is 20.9 Å². The molecule has 2 N–H and O–H groups in total. The van der Waals surface area contributed by atoms with Crippen molar-refractivity contribution in [2.45, 2.75) is 32.0 Å². The molecule has 1 aromatic carbocycles. The summed E-state index contributed by atoms with van der Waals surface area (Å²) in [5.74, 6) is -2.74. The van der Waals surface area contributed by atoms with Gasteiger partial charge in [0.2, 0.25) is 11.8 Å². The van der Waals surface area contributed by atoms with Gasteiger partial charge in [-0.2, -0.15) is 0 Å². The minimum atomic E-state index is -1.43. The second kappa shape index (κ2) is 9.76. The number of carboxylic acid groups (broad SMARTS) is 1. The van der Waals surface area contributed by atoms with Gasteiger partial charge in [-0.1, -0.05) is 30.3 Å². The minimum Gasteiger partial charge on any atom is -0.543 e. The van der Waals surface area contributed by atoms with Crippen molar-refractivity contribution >= 4 is 29.5 Å². The summed E-state index contributed by atoms with van der Waals surface area (Å²) in [7, 11) is 0. The molecule has 0 saturated carbocycles. The van der Waals surface area contributed by atoms with Crippen molar-refractivity contribution in [2.24, 2.45) is 5.92 Å². The Morgan fingerprint density at radius 1 is 1.39 bits per heavy atom. The third-order valence-corrected chi connectivity index (χ3v) is 5.54. The van der Waals surface area contributed by atoms with Gasteiger partial charge in [-0.05, 0) is 17.9 Å². The van der Waals surface area contributed by atoms with Crippen LogP contribution in [0.25, 0.3) is 0 Å². The average Bonchev–Trinajstić information content (AvgIpc) is 2.95. The Bertz CT molecular complexity index is 825. The summed E-state index contributed by atoms with van der Waals surface area (Å²) in [6.07, 6.45) is 0.799.